The standard InChI is InChI=1S/C26H29N3O5/c1-17-14-20(22-6-3-4-7-23(22)27-17)15-34-21-10-8-19(9-11-21)25(31)28-26(12-5-13-33-16-26)18(2)24(30)29-32/h3-4,6-11,14,18,32H,5,12-13,15-16H2,1-2H3,(H,28,31)(H,29,30). The number of para-hydroxylation sites is 1. The summed E-state index contributed by atoms with van der Waals surface area (Å²) in [5.74, 6) is -0.902. The first-order valence-electron chi connectivity index (χ1n) is 11.3. The van der Waals surface area contributed by atoms with Crippen molar-refractivity contribution in [1.29, 1.82) is 0 Å². The molecule has 2 amide bonds. The number of rotatable bonds is 7. The van der Waals surface area contributed by atoms with Crippen LogP contribution >= 0.6 is 0 Å². The number of nitrogens with one attached hydrogen (secondary N) is 2. The Hall–Kier alpha value is -3.49. The van der Waals surface area contributed by atoms with Crippen LogP contribution in [0.5, 0.6) is 5.75 Å². The molecule has 3 N–H and O–H groups in total. The van der Waals surface area contributed by atoms with Crippen molar-refractivity contribution >= 4 is 22.7 Å². The molecule has 2 aromatic carbocycles. The summed E-state index contributed by atoms with van der Waals surface area (Å²) in [4.78, 5) is 29.6. The molecule has 0 saturated carbocycles. The maximum absolute atomic E-state index is 13.0. The normalized spacial score (nSPS) is 18.8. The number of aromatic nitrogens is 1. The number of carbonyl (C=O) groups is 2. The van der Waals surface area contributed by atoms with Crippen LogP contribution in [-0.4, -0.2) is 40.8 Å². The molecule has 0 spiro atoms. The Bertz CT molecular complexity index is 1170. The number of benzene rings is 2. The minimum absolute atomic E-state index is 0.202. The van der Waals surface area contributed by atoms with E-state index in [-0.39, 0.29) is 12.5 Å². The van der Waals surface area contributed by atoms with Crippen LogP contribution in [0, 0.1) is 12.8 Å². The summed E-state index contributed by atoms with van der Waals surface area (Å²) >= 11 is 0. The average Bonchev–Trinajstić information content (AvgIpc) is 2.87. The zero-order valence-electron chi connectivity index (χ0n) is 19.3. The van der Waals surface area contributed by atoms with Crippen molar-refractivity contribution in [3.05, 3.63) is 71.4 Å². The van der Waals surface area contributed by atoms with Crippen LogP contribution in [0.1, 0.15) is 41.4 Å². The van der Waals surface area contributed by atoms with Crippen molar-refractivity contribution in [2.45, 2.75) is 38.8 Å². The highest BCUT2D eigenvalue weighted by Crippen LogP contribution is 2.29. The van der Waals surface area contributed by atoms with Gasteiger partial charge in [0.1, 0.15) is 12.4 Å². The number of ether oxygens (including phenoxy) is 2. The molecule has 178 valence electrons. The van der Waals surface area contributed by atoms with Crippen LogP contribution < -0.4 is 15.5 Å². The molecule has 1 saturated heterocycles. The maximum Gasteiger partial charge on any atom is 0.251 e. The van der Waals surface area contributed by atoms with E-state index in [0.717, 1.165) is 22.2 Å². The largest absolute Gasteiger partial charge is 0.489 e. The zero-order valence-corrected chi connectivity index (χ0v) is 19.3. The van der Waals surface area contributed by atoms with E-state index in [9.17, 15) is 9.59 Å². The van der Waals surface area contributed by atoms with Crippen molar-refractivity contribution in [3.63, 3.8) is 0 Å². The molecule has 1 aliphatic heterocycles. The minimum atomic E-state index is -0.891. The first kappa shape index (κ1) is 23.7. The number of nitrogens with zero attached hydrogens (tertiary/aromatic N) is 1. The number of amides is 2. The number of pyridine rings is 1. The van der Waals surface area contributed by atoms with Crippen LogP contribution in [0.3, 0.4) is 0 Å². The Labute approximate surface area is 198 Å². The van der Waals surface area contributed by atoms with Crippen LogP contribution in [0.4, 0.5) is 0 Å². The summed E-state index contributed by atoms with van der Waals surface area (Å²) in [5.41, 5.74) is 4.13. The van der Waals surface area contributed by atoms with E-state index < -0.39 is 17.4 Å². The lowest BCUT2D eigenvalue weighted by molar-refractivity contribution is -0.138. The lowest BCUT2D eigenvalue weighted by atomic mass is 9.79. The Morgan fingerprint density at radius 3 is 2.68 bits per heavy atom. The fourth-order valence-corrected chi connectivity index (χ4v) is 4.39. The predicted octanol–water partition coefficient (Wildman–Crippen LogP) is 3.54. The predicted molar refractivity (Wildman–Crippen MR) is 127 cm³/mol. The number of hydrogen-bond acceptors (Lipinski definition) is 6. The van der Waals surface area contributed by atoms with Crippen LogP contribution in [0.15, 0.2) is 54.6 Å². The highest BCUT2D eigenvalue weighted by Gasteiger charge is 2.43. The van der Waals surface area contributed by atoms with Crippen LogP contribution in [-0.2, 0) is 16.1 Å². The number of carbonyl (C=O) groups excluding carboxylic acids is 2. The Morgan fingerprint density at radius 1 is 1.21 bits per heavy atom. The Kier molecular flexibility index (Phi) is 7.09. The van der Waals surface area contributed by atoms with Gasteiger partial charge in [-0.1, -0.05) is 25.1 Å². The molecule has 2 unspecified atom stereocenters. The molecule has 2 atom stereocenters. The van der Waals surface area contributed by atoms with Gasteiger partial charge in [-0.15, -0.1) is 0 Å². The molecule has 2 heterocycles. The van der Waals surface area contributed by atoms with Gasteiger partial charge in [0, 0.05) is 28.8 Å². The van der Waals surface area contributed by atoms with E-state index in [1.165, 1.54) is 0 Å². The van der Waals surface area contributed by atoms with Gasteiger partial charge in [-0.2, -0.15) is 0 Å². The van der Waals surface area contributed by atoms with Gasteiger partial charge in [-0.25, -0.2) is 5.48 Å². The molecule has 1 aliphatic rings. The SMILES string of the molecule is Cc1cc(COc2ccc(C(=O)NC3(C(C)C(=O)NO)CCCOC3)cc2)c2ccccc2n1. The lowest BCUT2D eigenvalue weighted by Crippen LogP contribution is -2.61. The summed E-state index contributed by atoms with van der Waals surface area (Å²) in [7, 11) is 0. The maximum atomic E-state index is 13.0. The smallest absolute Gasteiger partial charge is 0.251 e. The van der Waals surface area contributed by atoms with Crippen LogP contribution in [0.25, 0.3) is 10.9 Å². The van der Waals surface area contributed by atoms with Gasteiger partial charge in [0.25, 0.3) is 5.91 Å². The van der Waals surface area contributed by atoms with Gasteiger partial charge < -0.3 is 14.8 Å². The van der Waals surface area contributed by atoms with Crippen molar-refractivity contribution in [2.75, 3.05) is 13.2 Å². The second-order valence-corrected chi connectivity index (χ2v) is 8.72. The van der Waals surface area contributed by atoms with Gasteiger partial charge in [0.05, 0.1) is 23.6 Å². The highest BCUT2D eigenvalue weighted by atomic mass is 16.5. The van der Waals surface area contributed by atoms with E-state index >= 15 is 0 Å². The molecule has 1 aromatic heterocycles. The summed E-state index contributed by atoms with van der Waals surface area (Å²) in [5, 5.41) is 13.1. The second kappa shape index (κ2) is 10.2. The fourth-order valence-electron chi connectivity index (χ4n) is 4.39. The molecule has 1 fully saturated rings. The molecular formula is C26H29N3O5. The molecule has 8 heteroatoms. The summed E-state index contributed by atoms with van der Waals surface area (Å²) in [6.07, 6.45) is 1.28. The molecule has 0 radical (unpaired) electrons. The Balaban J connectivity index is 1.45. The lowest BCUT2D eigenvalue weighted by Gasteiger charge is -2.41. The molecule has 0 aliphatic carbocycles. The summed E-state index contributed by atoms with van der Waals surface area (Å²) < 4.78 is 11.6. The monoisotopic (exact) mass is 463 g/mol. The first-order chi connectivity index (χ1) is 16.4. The molecular weight excluding hydrogens is 434 g/mol. The number of aryl methyl sites for hydroxylation is 1. The molecule has 3 aromatic rings. The van der Waals surface area contributed by atoms with Crippen molar-refractivity contribution < 1.29 is 24.3 Å². The minimum Gasteiger partial charge on any atom is -0.489 e. The second-order valence-electron chi connectivity index (χ2n) is 8.72. The van der Waals surface area contributed by atoms with Crippen molar-refractivity contribution in [2.24, 2.45) is 5.92 Å². The van der Waals surface area contributed by atoms with E-state index in [1.807, 2.05) is 37.3 Å². The highest BCUT2D eigenvalue weighted by molar-refractivity contribution is 5.95. The van der Waals surface area contributed by atoms with E-state index in [1.54, 1.807) is 36.7 Å². The number of fused-ring (bicyclic) bond motifs is 1. The average molecular weight is 464 g/mol. The van der Waals surface area contributed by atoms with Gasteiger partial charge in [0.15, 0.2) is 0 Å². The third-order valence-corrected chi connectivity index (χ3v) is 6.41. The number of hydrogen-bond donors (Lipinski definition) is 3. The zero-order chi connectivity index (χ0) is 24.1. The number of hydroxylamine groups is 1. The summed E-state index contributed by atoms with van der Waals surface area (Å²) in [6, 6.07) is 16.8. The van der Waals surface area contributed by atoms with E-state index in [2.05, 4.69) is 10.3 Å². The van der Waals surface area contributed by atoms with Crippen molar-refractivity contribution in [3.8, 4) is 5.75 Å². The van der Waals surface area contributed by atoms with E-state index in [0.29, 0.717) is 37.4 Å². The van der Waals surface area contributed by atoms with Crippen molar-refractivity contribution in [1.82, 2.24) is 15.8 Å². The van der Waals surface area contributed by atoms with E-state index in [4.69, 9.17) is 14.7 Å². The summed E-state index contributed by atoms with van der Waals surface area (Å²) in [6.45, 7) is 4.78. The van der Waals surface area contributed by atoms with Gasteiger partial charge in [0.2, 0.25) is 5.91 Å². The first-order valence-corrected chi connectivity index (χ1v) is 11.3. The molecule has 8 nitrogen and oxygen atoms in total. The molecule has 0 bridgehead atoms. The van der Waals surface area contributed by atoms with Crippen LogP contribution in [0.2, 0.25) is 0 Å². The topological polar surface area (TPSA) is 110 Å². The fraction of sp³-hybridized carbons (Fsp3) is 0.346. The Morgan fingerprint density at radius 2 is 1.97 bits per heavy atom. The molecule has 34 heavy (non-hydrogen) atoms. The third kappa shape index (κ3) is 5.03. The van der Waals surface area contributed by atoms with Gasteiger partial charge in [-0.05, 0) is 56.2 Å². The van der Waals surface area contributed by atoms with Gasteiger partial charge >= 0.3 is 0 Å². The molecule has 4 rings (SSSR count). The quantitative estimate of drug-likeness (QED) is 0.365. The van der Waals surface area contributed by atoms with Gasteiger partial charge in [-0.3, -0.25) is 19.8 Å². The third-order valence-electron chi connectivity index (χ3n) is 6.41.